The molecule has 0 saturated heterocycles. The van der Waals surface area contributed by atoms with E-state index in [1.807, 2.05) is 0 Å². The van der Waals surface area contributed by atoms with Gasteiger partial charge in [0, 0.05) is 18.7 Å². The van der Waals surface area contributed by atoms with Gasteiger partial charge in [0.15, 0.2) is 0 Å². The third kappa shape index (κ3) is 2.81. The first-order valence-corrected chi connectivity index (χ1v) is 7.16. The first-order valence-electron chi connectivity index (χ1n) is 7.16. The maximum absolute atomic E-state index is 14.2. The van der Waals surface area contributed by atoms with Crippen molar-refractivity contribution in [2.45, 2.75) is 44.2 Å². The van der Waals surface area contributed by atoms with Crippen LogP contribution in [-0.2, 0) is 4.74 Å². The summed E-state index contributed by atoms with van der Waals surface area (Å²) in [6.07, 6.45) is 3.88. The van der Waals surface area contributed by atoms with Gasteiger partial charge in [0.25, 0.3) is 0 Å². The van der Waals surface area contributed by atoms with Crippen LogP contribution < -0.4 is 10.5 Å². The summed E-state index contributed by atoms with van der Waals surface area (Å²) >= 11 is 0. The van der Waals surface area contributed by atoms with Crippen molar-refractivity contribution in [2.75, 3.05) is 14.2 Å². The Balaban J connectivity index is 2.26. The van der Waals surface area contributed by atoms with Gasteiger partial charge >= 0.3 is 0 Å². The second-order valence-corrected chi connectivity index (χ2v) is 5.82. The molecular weight excluding hydrogens is 257 g/mol. The fraction of sp³-hybridized carbons (Fsp3) is 0.625. The van der Waals surface area contributed by atoms with E-state index in [1.165, 1.54) is 13.2 Å². The maximum Gasteiger partial charge on any atom is 0.131 e. The highest BCUT2D eigenvalue weighted by molar-refractivity contribution is 5.32. The van der Waals surface area contributed by atoms with Crippen molar-refractivity contribution in [1.82, 2.24) is 0 Å². The summed E-state index contributed by atoms with van der Waals surface area (Å²) in [6, 6.07) is 4.38. The average molecular weight is 281 g/mol. The molecule has 0 heterocycles. The van der Waals surface area contributed by atoms with Gasteiger partial charge in [-0.15, -0.1) is 0 Å². The van der Waals surface area contributed by atoms with Crippen LogP contribution in [0, 0.1) is 11.7 Å². The van der Waals surface area contributed by atoms with Crippen molar-refractivity contribution < 1.29 is 13.9 Å². The normalized spacial score (nSPS) is 28.1. The van der Waals surface area contributed by atoms with Gasteiger partial charge in [-0.1, -0.05) is 13.0 Å². The van der Waals surface area contributed by atoms with Gasteiger partial charge in [0.2, 0.25) is 0 Å². The summed E-state index contributed by atoms with van der Waals surface area (Å²) in [5.74, 6) is 0.861. The van der Waals surface area contributed by atoms with E-state index in [-0.39, 0.29) is 5.82 Å². The zero-order valence-corrected chi connectivity index (χ0v) is 12.5. The lowest BCUT2D eigenvalue weighted by Gasteiger charge is -2.42. The van der Waals surface area contributed by atoms with Crippen LogP contribution in [0.4, 0.5) is 4.39 Å². The van der Waals surface area contributed by atoms with Gasteiger partial charge in [-0.3, -0.25) is 0 Å². The Labute approximate surface area is 120 Å². The lowest BCUT2D eigenvalue weighted by Crippen LogP contribution is -2.46. The fourth-order valence-electron chi connectivity index (χ4n) is 3.06. The number of rotatable bonds is 4. The molecule has 0 aliphatic heterocycles. The molecule has 1 unspecified atom stereocenters. The molecule has 0 spiro atoms. The number of halogens is 1. The molecule has 1 aliphatic carbocycles. The van der Waals surface area contributed by atoms with Crippen LogP contribution in [0.5, 0.6) is 5.75 Å². The third-order valence-electron chi connectivity index (χ3n) is 4.64. The van der Waals surface area contributed by atoms with Crippen molar-refractivity contribution in [3.8, 4) is 5.75 Å². The molecule has 3 nitrogen and oxygen atoms in total. The topological polar surface area (TPSA) is 44.5 Å². The molecule has 4 heteroatoms. The Morgan fingerprint density at radius 2 is 1.95 bits per heavy atom. The smallest absolute Gasteiger partial charge is 0.131 e. The maximum atomic E-state index is 14.2. The molecule has 0 bridgehead atoms. The Morgan fingerprint density at radius 3 is 2.45 bits per heavy atom. The monoisotopic (exact) mass is 281 g/mol. The SMILES string of the molecule is COc1ccc(C(N)C2(OC)CCC(C)CC2)c(F)c1. The number of benzene rings is 1. The van der Waals surface area contributed by atoms with E-state index in [0.29, 0.717) is 17.2 Å². The van der Waals surface area contributed by atoms with Gasteiger partial charge in [-0.2, -0.15) is 0 Å². The summed E-state index contributed by atoms with van der Waals surface area (Å²) < 4.78 is 25.0. The summed E-state index contributed by atoms with van der Waals surface area (Å²) in [4.78, 5) is 0. The Kier molecular flexibility index (Phi) is 4.66. The molecule has 1 aromatic carbocycles. The van der Waals surface area contributed by atoms with Crippen LogP contribution in [-0.4, -0.2) is 19.8 Å². The summed E-state index contributed by atoms with van der Waals surface area (Å²) in [5, 5.41) is 0. The molecule has 1 aliphatic rings. The van der Waals surface area contributed by atoms with Crippen molar-refractivity contribution in [3.05, 3.63) is 29.6 Å². The Morgan fingerprint density at radius 1 is 1.30 bits per heavy atom. The van der Waals surface area contributed by atoms with E-state index in [2.05, 4.69) is 6.92 Å². The van der Waals surface area contributed by atoms with Gasteiger partial charge in [0.1, 0.15) is 11.6 Å². The van der Waals surface area contributed by atoms with Crippen LogP contribution in [0.15, 0.2) is 18.2 Å². The average Bonchev–Trinajstić information content (AvgIpc) is 2.47. The second-order valence-electron chi connectivity index (χ2n) is 5.82. The van der Waals surface area contributed by atoms with E-state index >= 15 is 0 Å². The second kappa shape index (κ2) is 6.10. The van der Waals surface area contributed by atoms with E-state index < -0.39 is 11.6 Å². The standard InChI is InChI=1S/C16H24FNO2/c1-11-6-8-16(20-3,9-7-11)15(18)13-5-4-12(19-2)10-14(13)17/h4-5,10-11,15H,6-9,18H2,1-3H3. The molecule has 112 valence electrons. The lowest BCUT2D eigenvalue weighted by atomic mass is 9.73. The zero-order valence-electron chi connectivity index (χ0n) is 12.5. The molecule has 0 radical (unpaired) electrons. The minimum absolute atomic E-state index is 0.327. The highest BCUT2D eigenvalue weighted by atomic mass is 19.1. The van der Waals surface area contributed by atoms with Crippen LogP contribution in [0.2, 0.25) is 0 Å². The molecule has 1 aromatic rings. The third-order valence-corrected chi connectivity index (χ3v) is 4.64. The number of hydrogen-bond acceptors (Lipinski definition) is 3. The summed E-state index contributed by atoms with van der Waals surface area (Å²) in [7, 11) is 3.20. The summed E-state index contributed by atoms with van der Waals surface area (Å²) in [6.45, 7) is 2.24. The lowest BCUT2D eigenvalue weighted by molar-refractivity contribution is -0.0678. The van der Waals surface area contributed by atoms with E-state index in [4.69, 9.17) is 15.2 Å². The highest BCUT2D eigenvalue weighted by Gasteiger charge is 2.41. The van der Waals surface area contributed by atoms with Crippen molar-refractivity contribution in [3.63, 3.8) is 0 Å². The quantitative estimate of drug-likeness (QED) is 0.919. The fourth-order valence-corrected chi connectivity index (χ4v) is 3.06. The van der Waals surface area contributed by atoms with Gasteiger partial charge in [-0.25, -0.2) is 4.39 Å². The van der Waals surface area contributed by atoms with Crippen molar-refractivity contribution in [2.24, 2.45) is 11.7 Å². The number of methoxy groups -OCH3 is 2. The molecular formula is C16H24FNO2. The van der Waals surface area contributed by atoms with Crippen LogP contribution in [0.3, 0.4) is 0 Å². The zero-order chi connectivity index (χ0) is 14.8. The number of hydrogen-bond donors (Lipinski definition) is 1. The molecule has 2 rings (SSSR count). The molecule has 0 aromatic heterocycles. The van der Waals surface area contributed by atoms with E-state index in [1.54, 1.807) is 19.2 Å². The van der Waals surface area contributed by atoms with E-state index in [0.717, 1.165) is 25.7 Å². The molecule has 2 N–H and O–H groups in total. The Bertz CT molecular complexity index is 456. The minimum Gasteiger partial charge on any atom is -0.497 e. The summed E-state index contributed by atoms with van der Waals surface area (Å²) in [5.41, 5.74) is 6.39. The first kappa shape index (κ1) is 15.3. The molecule has 1 atom stereocenters. The first-order chi connectivity index (χ1) is 9.52. The van der Waals surface area contributed by atoms with Gasteiger partial charge < -0.3 is 15.2 Å². The number of nitrogens with two attached hydrogens (primary N) is 1. The molecule has 0 amide bonds. The predicted molar refractivity (Wildman–Crippen MR) is 77.3 cm³/mol. The highest BCUT2D eigenvalue weighted by Crippen LogP contribution is 2.42. The van der Waals surface area contributed by atoms with Gasteiger partial charge in [0.05, 0.1) is 18.8 Å². The minimum atomic E-state index is -0.456. The molecule has 20 heavy (non-hydrogen) atoms. The molecule has 1 fully saturated rings. The van der Waals surface area contributed by atoms with Crippen molar-refractivity contribution >= 4 is 0 Å². The van der Waals surface area contributed by atoms with Crippen LogP contribution >= 0.6 is 0 Å². The van der Waals surface area contributed by atoms with Crippen LogP contribution in [0.1, 0.15) is 44.2 Å². The van der Waals surface area contributed by atoms with Crippen LogP contribution in [0.25, 0.3) is 0 Å². The van der Waals surface area contributed by atoms with Crippen molar-refractivity contribution in [1.29, 1.82) is 0 Å². The largest absolute Gasteiger partial charge is 0.497 e. The van der Waals surface area contributed by atoms with E-state index in [9.17, 15) is 4.39 Å². The van der Waals surface area contributed by atoms with Gasteiger partial charge in [-0.05, 0) is 37.7 Å². The predicted octanol–water partition coefficient (Wildman–Crippen LogP) is 3.43. The Hall–Kier alpha value is -1.13. The number of ether oxygens (including phenoxy) is 2. The molecule has 1 saturated carbocycles.